The molecular formula is C33H64O5. The van der Waals surface area contributed by atoms with E-state index in [2.05, 4.69) is 6.58 Å². The maximum absolute atomic E-state index is 9.43. The second kappa shape index (κ2) is 29.1. The lowest BCUT2D eigenvalue weighted by Gasteiger charge is -2.12. The summed E-state index contributed by atoms with van der Waals surface area (Å²) >= 11 is 0. The van der Waals surface area contributed by atoms with E-state index in [1.807, 2.05) is 0 Å². The maximum Gasteiger partial charge on any atom is 0.327 e. The molecule has 5 heteroatoms. The fourth-order valence-electron chi connectivity index (χ4n) is 5.36. The van der Waals surface area contributed by atoms with Gasteiger partial charge >= 0.3 is 5.97 Å². The summed E-state index contributed by atoms with van der Waals surface area (Å²) in [4.78, 5) is 9.25. The van der Waals surface area contributed by atoms with Crippen molar-refractivity contribution in [2.75, 3.05) is 0 Å². The number of rotatable bonds is 1. The first-order valence-corrected chi connectivity index (χ1v) is 16.3. The van der Waals surface area contributed by atoms with Crippen LogP contribution in [0, 0.1) is 0 Å². The van der Waals surface area contributed by atoms with Gasteiger partial charge in [0.05, 0.1) is 18.3 Å². The second-order valence-corrected chi connectivity index (χ2v) is 11.7. The molecular weight excluding hydrogens is 476 g/mol. The summed E-state index contributed by atoms with van der Waals surface area (Å²) in [6.45, 7) is 2.96. The molecule has 38 heavy (non-hydrogen) atoms. The minimum absolute atomic E-state index is 0.00750. The Hall–Kier alpha value is -0.910. The molecule has 0 aromatic heterocycles. The highest BCUT2D eigenvalue weighted by atomic mass is 16.4. The van der Waals surface area contributed by atoms with Gasteiger partial charge in [0.1, 0.15) is 0 Å². The highest BCUT2D eigenvalue weighted by molar-refractivity contribution is 5.78. The van der Waals surface area contributed by atoms with Crippen molar-refractivity contribution in [1.82, 2.24) is 0 Å². The second-order valence-electron chi connectivity index (χ2n) is 11.7. The highest BCUT2D eigenvalue weighted by Gasteiger charge is 2.07. The predicted molar refractivity (Wildman–Crippen MR) is 161 cm³/mol. The molecule has 3 aliphatic carbocycles. The van der Waals surface area contributed by atoms with E-state index >= 15 is 0 Å². The molecule has 3 aliphatic rings. The first-order valence-electron chi connectivity index (χ1n) is 16.3. The molecule has 3 rings (SSSR count). The van der Waals surface area contributed by atoms with Gasteiger partial charge in [-0.2, -0.15) is 0 Å². The molecule has 3 fully saturated rings. The molecule has 0 bridgehead atoms. The highest BCUT2D eigenvalue weighted by Crippen LogP contribution is 2.18. The van der Waals surface area contributed by atoms with Crippen molar-refractivity contribution in [3.63, 3.8) is 0 Å². The SMILES string of the molecule is C=CC(=O)O.OC1CCCCCCCCC1.OC1CCCCCCCCC1.OC1CCCCCCCCC1. The molecule has 0 aromatic carbocycles. The Morgan fingerprint density at radius 2 is 0.553 bits per heavy atom. The average molecular weight is 541 g/mol. The fourth-order valence-corrected chi connectivity index (χ4v) is 5.36. The summed E-state index contributed by atoms with van der Waals surface area (Å²) in [5.41, 5.74) is 0. The molecule has 3 saturated carbocycles. The van der Waals surface area contributed by atoms with Crippen molar-refractivity contribution in [3.05, 3.63) is 12.7 Å². The summed E-state index contributed by atoms with van der Waals surface area (Å²) in [5, 5.41) is 35.9. The van der Waals surface area contributed by atoms with Gasteiger partial charge in [-0.1, -0.05) is 141 Å². The van der Waals surface area contributed by atoms with Crippen molar-refractivity contribution in [2.45, 2.75) is 192 Å². The minimum Gasteiger partial charge on any atom is -0.478 e. The van der Waals surface area contributed by atoms with Crippen LogP contribution in [0.15, 0.2) is 12.7 Å². The first kappa shape index (κ1) is 37.1. The van der Waals surface area contributed by atoms with Gasteiger partial charge in [0.15, 0.2) is 0 Å². The number of aliphatic hydroxyl groups excluding tert-OH is 3. The average Bonchev–Trinajstić information content (AvgIpc) is 2.92. The molecule has 0 aromatic rings. The van der Waals surface area contributed by atoms with E-state index in [0.717, 1.165) is 44.6 Å². The number of carboxylic acids is 1. The molecule has 0 radical (unpaired) electrons. The van der Waals surface area contributed by atoms with Crippen LogP contribution in [0.5, 0.6) is 0 Å². The zero-order valence-electron chi connectivity index (χ0n) is 24.8. The zero-order chi connectivity index (χ0) is 28.1. The van der Waals surface area contributed by atoms with Crippen LogP contribution in [0.2, 0.25) is 0 Å². The molecule has 0 aliphatic heterocycles. The quantitative estimate of drug-likeness (QED) is 0.249. The van der Waals surface area contributed by atoms with Gasteiger partial charge < -0.3 is 20.4 Å². The summed E-state index contributed by atoms with van der Waals surface area (Å²) in [6.07, 6.45) is 35.0. The Bertz CT molecular complexity index is 423. The van der Waals surface area contributed by atoms with Crippen LogP contribution in [-0.4, -0.2) is 44.7 Å². The zero-order valence-corrected chi connectivity index (χ0v) is 24.8. The molecule has 0 spiro atoms. The molecule has 0 amide bonds. The number of hydrogen-bond donors (Lipinski definition) is 4. The lowest BCUT2D eigenvalue weighted by atomic mass is 9.99. The normalized spacial score (nSPS) is 22.4. The van der Waals surface area contributed by atoms with Gasteiger partial charge in [0, 0.05) is 6.08 Å². The molecule has 0 atom stereocenters. The number of carboxylic acid groups (broad SMARTS) is 1. The van der Waals surface area contributed by atoms with Gasteiger partial charge in [0.2, 0.25) is 0 Å². The van der Waals surface area contributed by atoms with E-state index in [0.29, 0.717) is 0 Å². The van der Waals surface area contributed by atoms with Crippen molar-refractivity contribution >= 4 is 5.97 Å². The fraction of sp³-hybridized carbons (Fsp3) is 0.909. The number of aliphatic carboxylic acids is 1. The van der Waals surface area contributed by atoms with Crippen LogP contribution < -0.4 is 0 Å². The molecule has 0 unspecified atom stereocenters. The van der Waals surface area contributed by atoms with Crippen molar-refractivity contribution in [1.29, 1.82) is 0 Å². The topological polar surface area (TPSA) is 98.0 Å². The Balaban J connectivity index is 0.000000497. The van der Waals surface area contributed by atoms with Gasteiger partial charge in [-0.3, -0.25) is 0 Å². The Labute approximate surface area is 235 Å². The van der Waals surface area contributed by atoms with Gasteiger partial charge in [-0.15, -0.1) is 0 Å². The Kier molecular flexibility index (Phi) is 28.4. The number of aliphatic hydroxyl groups is 3. The Morgan fingerprint density at radius 3 is 0.684 bits per heavy atom. The smallest absolute Gasteiger partial charge is 0.327 e. The first-order chi connectivity index (χ1) is 18.5. The third-order valence-electron chi connectivity index (χ3n) is 7.90. The predicted octanol–water partition coefficient (Wildman–Crippen LogP) is 8.87. The van der Waals surface area contributed by atoms with E-state index < -0.39 is 5.97 Å². The molecule has 5 nitrogen and oxygen atoms in total. The van der Waals surface area contributed by atoms with Gasteiger partial charge in [-0.05, 0) is 38.5 Å². The van der Waals surface area contributed by atoms with E-state index in [9.17, 15) is 20.1 Å². The molecule has 0 saturated heterocycles. The lowest BCUT2D eigenvalue weighted by Crippen LogP contribution is -2.06. The summed E-state index contributed by atoms with van der Waals surface area (Å²) in [7, 11) is 0. The van der Waals surface area contributed by atoms with Crippen LogP contribution in [-0.2, 0) is 4.79 Å². The van der Waals surface area contributed by atoms with Crippen molar-refractivity contribution < 1.29 is 25.2 Å². The van der Waals surface area contributed by atoms with Crippen LogP contribution >= 0.6 is 0 Å². The summed E-state index contributed by atoms with van der Waals surface area (Å²) in [6, 6.07) is 0. The van der Waals surface area contributed by atoms with E-state index in [-0.39, 0.29) is 18.3 Å². The molecule has 4 N–H and O–H groups in total. The maximum atomic E-state index is 9.43. The molecule has 226 valence electrons. The van der Waals surface area contributed by atoms with Crippen LogP contribution in [0.4, 0.5) is 0 Å². The van der Waals surface area contributed by atoms with Gasteiger partial charge in [0.25, 0.3) is 0 Å². The van der Waals surface area contributed by atoms with Crippen molar-refractivity contribution in [2.24, 2.45) is 0 Å². The van der Waals surface area contributed by atoms with Gasteiger partial charge in [-0.25, -0.2) is 4.79 Å². The van der Waals surface area contributed by atoms with E-state index in [4.69, 9.17) is 5.11 Å². The third-order valence-corrected chi connectivity index (χ3v) is 7.90. The molecule has 0 heterocycles. The van der Waals surface area contributed by atoms with E-state index in [1.165, 1.54) is 135 Å². The minimum atomic E-state index is -0.981. The lowest BCUT2D eigenvalue weighted by molar-refractivity contribution is -0.131. The van der Waals surface area contributed by atoms with Crippen LogP contribution in [0.25, 0.3) is 0 Å². The Morgan fingerprint density at radius 1 is 0.421 bits per heavy atom. The summed E-state index contributed by atoms with van der Waals surface area (Å²) in [5.74, 6) is -0.981. The van der Waals surface area contributed by atoms with E-state index in [1.54, 1.807) is 0 Å². The standard InChI is InChI=1S/3C10H20O.C3H4O2/c3*11-10-8-6-4-2-1-3-5-7-9-10;1-2-3(4)5/h3*10-11H,1-9H2;2H,1H2,(H,4,5). The third kappa shape index (κ3) is 29.6. The summed E-state index contributed by atoms with van der Waals surface area (Å²) < 4.78 is 0. The van der Waals surface area contributed by atoms with Crippen molar-refractivity contribution in [3.8, 4) is 0 Å². The number of carbonyl (C=O) groups is 1. The van der Waals surface area contributed by atoms with Crippen LogP contribution in [0.1, 0.15) is 173 Å². The monoisotopic (exact) mass is 540 g/mol. The number of hydrogen-bond acceptors (Lipinski definition) is 4. The largest absolute Gasteiger partial charge is 0.478 e. The van der Waals surface area contributed by atoms with Crippen LogP contribution in [0.3, 0.4) is 0 Å².